The largest absolute Gasteiger partial charge is 0.383 e. The number of rotatable bonds is 9. The van der Waals surface area contributed by atoms with Crippen LogP contribution in [-0.2, 0) is 14.6 Å². The molecule has 6 nitrogen and oxygen atoms in total. The Labute approximate surface area is 129 Å². The molecule has 21 heavy (non-hydrogen) atoms. The third-order valence-corrected chi connectivity index (χ3v) is 3.90. The van der Waals surface area contributed by atoms with Gasteiger partial charge in [-0.2, -0.15) is 0 Å². The summed E-state index contributed by atoms with van der Waals surface area (Å²) in [5.41, 5.74) is -0.157. The van der Waals surface area contributed by atoms with E-state index < -0.39 is 9.84 Å². The monoisotopic (exact) mass is 321 g/mol. The fourth-order valence-corrected chi connectivity index (χ4v) is 2.60. The molecule has 7 heteroatoms. The van der Waals surface area contributed by atoms with Crippen LogP contribution >= 0.6 is 0 Å². The van der Waals surface area contributed by atoms with Crippen molar-refractivity contribution in [1.29, 1.82) is 0 Å². The Morgan fingerprint density at radius 2 is 2.00 bits per heavy atom. The van der Waals surface area contributed by atoms with Crippen LogP contribution in [0.3, 0.4) is 0 Å². The Morgan fingerprint density at radius 1 is 1.38 bits per heavy atom. The molecule has 0 aromatic carbocycles. The first-order chi connectivity index (χ1) is 9.59. The Morgan fingerprint density at radius 3 is 2.48 bits per heavy atom. The Hall–Kier alpha value is -0.820. The molecule has 0 heterocycles. The molecule has 0 aromatic rings. The fraction of sp³-hybridized carbons (Fsp3) is 0.929. The van der Waals surface area contributed by atoms with E-state index in [9.17, 15) is 8.42 Å². The number of nitrogens with one attached hydrogen (secondary N) is 2. The molecule has 0 amide bonds. The Bertz CT molecular complexity index is 419. The van der Waals surface area contributed by atoms with Crippen LogP contribution in [-0.4, -0.2) is 59.2 Å². The maximum absolute atomic E-state index is 11.3. The van der Waals surface area contributed by atoms with Crippen LogP contribution in [0, 0.1) is 5.41 Å². The summed E-state index contributed by atoms with van der Waals surface area (Å²) in [4.78, 5) is 4.55. The third-order valence-electron chi connectivity index (χ3n) is 2.96. The minimum Gasteiger partial charge on any atom is -0.383 e. The molecular weight excluding hydrogens is 290 g/mol. The van der Waals surface area contributed by atoms with E-state index in [4.69, 9.17) is 4.74 Å². The fourth-order valence-electron chi connectivity index (χ4n) is 1.68. The minimum absolute atomic E-state index is 0.157. The highest BCUT2D eigenvalue weighted by atomic mass is 32.2. The lowest BCUT2D eigenvalue weighted by Gasteiger charge is -2.23. The van der Waals surface area contributed by atoms with Gasteiger partial charge in [-0.3, -0.25) is 4.99 Å². The zero-order valence-electron chi connectivity index (χ0n) is 14.2. The molecule has 0 radical (unpaired) electrons. The van der Waals surface area contributed by atoms with Crippen molar-refractivity contribution < 1.29 is 13.2 Å². The summed E-state index contributed by atoms with van der Waals surface area (Å²) in [6.45, 7) is 10.0. The minimum atomic E-state index is -2.93. The van der Waals surface area contributed by atoms with Crippen LogP contribution in [0.15, 0.2) is 4.99 Å². The van der Waals surface area contributed by atoms with Crippen LogP contribution in [0.1, 0.15) is 34.1 Å². The number of methoxy groups -OCH3 is 1. The van der Waals surface area contributed by atoms with Crippen LogP contribution in [0.25, 0.3) is 0 Å². The summed E-state index contributed by atoms with van der Waals surface area (Å²) in [5, 5.41) is 6.44. The number of aliphatic imine (C=N–C) groups is 1. The number of guanidine groups is 1. The first kappa shape index (κ1) is 20.2. The van der Waals surface area contributed by atoms with Crippen molar-refractivity contribution >= 4 is 15.8 Å². The van der Waals surface area contributed by atoms with E-state index in [2.05, 4.69) is 15.6 Å². The molecule has 0 aliphatic carbocycles. The lowest BCUT2D eigenvalue weighted by Crippen LogP contribution is -2.44. The number of hydrogen-bond donors (Lipinski definition) is 2. The third kappa shape index (κ3) is 11.5. The Kier molecular flexibility index (Phi) is 8.89. The van der Waals surface area contributed by atoms with Gasteiger partial charge in [-0.15, -0.1) is 0 Å². The highest BCUT2D eigenvalue weighted by Crippen LogP contribution is 2.21. The molecule has 126 valence electrons. The van der Waals surface area contributed by atoms with Gasteiger partial charge < -0.3 is 15.4 Å². The van der Waals surface area contributed by atoms with Gasteiger partial charge in [0.05, 0.1) is 12.4 Å². The molecule has 0 fully saturated rings. The van der Waals surface area contributed by atoms with E-state index in [1.807, 2.05) is 27.7 Å². The summed E-state index contributed by atoms with van der Waals surface area (Å²) in [6.07, 6.45) is 1.87. The molecular formula is C14H31N3O3S. The van der Waals surface area contributed by atoms with Crippen LogP contribution in [0.2, 0.25) is 0 Å². The highest BCUT2D eigenvalue weighted by Gasteiger charge is 2.20. The van der Waals surface area contributed by atoms with Crippen molar-refractivity contribution in [2.45, 2.75) is 40.2 Å². The molecule has 0 aliphatic rings. The summed E-state index contributed by atoms with van der Waals surface area (Å²) in [6, 6.07) is 0.159. The van der Waals surface area contributed by atoms with E-state index in [0.717, 1.165) is 12.5 Å². The van der Waals surface area contributed by atoms with E-state index in [1.165, 1.54) is 6.26 Å². The standard InChI is InChI=1S/C14H31N3O3S/c1-7-15-13(17-12(2)10-20-5)16-11-14(3,4)8-9-21(6,18)19/h12H,7-11H2,1-6H3,(H2,15,16,17). The normalized spacial score (nSPS) is 14.9. The van der Waals surface area contributed by atoms with Crippen molar-refractivity contribution in [3.63, 3.8) is 0 Å². The molecule has 0 saturated heterocycles. The second kappa shape index (κ2) is 9.25. The van der Waals surface area contributed by atoms with Gasteiger partial charge in [0.15, 0.2) is 5.96 Å². The number of hydrogen-bond acceptors (Lipinski definition) is 4. The van der Waals surface area contributed by atoms with Crippen molar-refractivity contribution in [2.24, 2.45) is 10.4 Å². The maximum Gasteiger partial charge on any atom is 0.191 e. The highest BCUT2D eigenvalue weighted by molar-refractivity contribution is 7.90. The van der Waals surface area contributed by atoms with Gasteiger partial charge in [-0.05, 0) is 25.7 Å². The van der Waals surface area contributed by atoms with Gasteiger partial charge in [0, 0.05) is 32.5 Å². The lowest BCUT2D eigenvalue weighted by atomic mass is 9.90. The average Bonchev–Trinajstić information content (AvgIpc) is 2.34. The van der Waals surface area contributed by atoms with Gasteiger partial charge in [0.1, 0.15) is 9.84 Å². The van der Waals surface area contributed by atoms with E-state index in [0.29, 0.717) is 19.6 Å². The second-order valence-electron chi connectivity index (χ2n) is 6.24. The van der Waals surface area contributed by atoms with E-state index in [-0.39, 0.29) is 17.2 Å². The molecule has 1 unspecified atom stereocenters. The van der Waals surface area contributed by atoms with Gasteiger partial charge >= 0.3 is 0 Å². The number of sulfone groups is 1. The first-order valence-corrected chi connectivity index (χ1v) is 9.37. The average molecular weight is 321 g/mol. The van der Waals surface area contributed by atoms with Crippen LogP contribution in [0.4, 0.5) is 0 Å². The predicted octanol–water partition coefficient (Wildman–Crippen LogP) is 1.04. The molecule has 0 spiro atoms. The Balaban J connectivity index is 4.58. The predicted molar refractivity (Wildman–Crippen MR) is 88.6 cm³/mol. The van der Waals surface area contributed by atoms with Crippen LogP contribution in [0.5, 0.6) is 0 Å². The molecule has 0 bridgehead atoms. The van der Waals surface area contributed by atoms with Crippen molar-refractivity contribution in [1.82, 2.24) is 10.6 Å². The van der Waals surface area contributed by atoms with E-state index in [1.54, 1.807) is 7.11 Å². The van der Waals surface area contributed by atoms with Gasteiger partial charge in [0.25, 0.3) is 0 Å². The molecule has 0 saturated carbocycles. The molecule has 2 N–H and O–H groups in total. The van der Waals surface area contributed by atoms with E-state index >= 15 is 0 Å². The summed E-state index contributed by atoms with van der Waals surface area (Å²) in [5.74, 6) is 0.925. The maximum atomic E-state index is 11.3. The second-order valence-corrected chi connectivity index (χ2v) is 8.50. The summed E-state index contributed by atoms with van der Waals surface area (Å²) in [7, 11) is -1.27. The van der Waals surface area contributed by atoms with Crippen molar-refractivity contribution in [3.8, 4) is 0 Å². The first-order valence-electron chi connectivity index (χ1n) is 7.31. The lowest BCUT2D eigenvalue weighted by molar-refractivity contribution is 0.179. The van der Waals surface area contributed by atoms with Crippen molar-refractivity contribution in [3.05, 3.63) is 0 Å². The summed E-state index contributed by atoms with van der Waals surface area (Å²) >= 11 is 0. The quantitative estimate of drug-likeness (QED) is 0.490. The topological polar surface area (TPSA) is 79.8 Å². The molecule has 0 aliphatic heterocycles. The smallest absolute Gasteiger partial charge is 0.191 e. The number of ether oxygens (including phenoxy) is 1. The number of nitrogens with zero attached hydrogens (tertiary/aromatic N) is 1. The van der Waals surface area contributed by atoms with Gasteiger partial charge in [-0.25, -0.2) is 8.42 Å². The molecule has 0 aromatic heterocycles. The summed E-state index contributed by atoms with van der Waals surface area (Å²) < 4.78 is 27.6. The van der Waals surface area contributed by atoms with Gasteiger partial charge in [-0.1, -0.05) is 13.8 Å². The van der Waals surface area contributed by atoms with Crippen molar-refractivity contribution in [2.75, 3.05) is 38.8 Å². The van der Waals surface area contributed by atoms with Crippen LogP contribution < -0.4 is 10.6 Å². The molecule has 0 rings (SSSR count). The van der Waals surface area contributed by atoms with Gasteiger partial charge in [0.2, 0.25) is 0 Å². The molecule has 1 atom stereocenters. The SMILES string of the molecule is CCNC(=NCC(C)(C)CCS(C)(=O)=O)NC(C)COC. The zero-order chi connectivity index (χ0) is 16.5. The zero-order valence-corrected chi connectivity index (χ0v) is 15.0.